The number of amides is 1. The van der Waals surface area contributed by atoms with Crippen LogP contribution >= 0.6 is 0 Å². The van der Waals surface area contributed by atoms with Crippen LogP contribution in [0.1, 0.15) is 39.0 Å². The summed E-state index contributed by atoms with van der Waals surface area (Å²) in [5.74, 6) is 0.913. The normalized spacial score (nSPS) is 30.4. The van der Waals surface area contributed by atoms with E-state index < -0.39 is 0 Å². The zero-order valence-electron chi connectivity index (χ0n) is 11.3. The Kier molecular flexibility index (Phi) is 3.57. The van der Waals surface area contributed by atoms with E-state index in [0.717, 1.165) is 31.3 Å². The molecule has 102 valence electrons. The van der Waals surface area contributed by atoms with E-state index in [9.17, 15) is 4.79 Å². The number of hydrogen-bond acceptors (Lipinski definition) is 3. The Morgan fingerprint density at radius 2 is 2.06 bits per heavy atom. The monoisotopic (exact) mass is 251 g/mol. The third kappa shape index (κ3) is 3.23. The second kappa shape index (κ2) is 5.17. The van der Waals surface area contributed by atoms with E-state index >= 15 is 0 Å². The van der Waals surface area contributed by atoms with E-state index in [4.69, 9.17) is 0 Å². The molecule has 0 aromatic carbocycles. The maximum absolute atomic E-state index is 11.8. The van der Waals surface area contributed by atoms with Gasteiger partial charge in [0.05, 0.1) is 6.04 Å². The van der Waals surface area contributed by atoms with E-state index in [1.54, 1.807) is 0 Å². The smallest absolute Gasteiger partial charge is 0.237 e. The van der Waals surface area contributed by atoms with Crippen molar-refractivity contribution >= 4 is 5.91 Å². The van der Waals surface area contributed by atoms with Crippen LogP contribution in [0.4, 0.5) is 0 Å². The van der Waals surface area contributed by atoms with Crippen molar-refractivity contribution in [3.05, 3.63) is 0 Å². The summed E-state index contributed by atoms with van der Waals surface area (Å²) in [6.45, 7) is 5.46. The molecule has 18 heavy (non-hydrogen) atoms. The molecule has 3 fully saturated rings. The molecular weight excluding hydrogens is 226 g/mol. The highest BCUT2D eigenvalue weighted by Gasteiger charge is 2.34. The van der Waals surface area contributed by atoms with Crippen LogP contribution in [-0.4, -0.2) is 48.6 Å². The van der Waals surface area contributed by atoms with Gasteiger partial charge in [-0.1, -0.05) is 0 Å². The van der Waals surface area contributed by atoms with Gasteiger partial charge in [0, 0.05) is 18.6 Å². The lowest BCUT2D eigenvalue weighted by atomic mass is 10.1. The van der Waals surface area contributed by atoms with Crippen LogP contribution in [0.5, 0.6) is 0 Å². The first-order valence-corrected chi connectivity index (χ1v) is 7.50. The molecule has 1 amide bonds. The van der Waals surface area contributed by atoms with Crippen molar-refractivity contribution in [1.82, 2.24) is 15.5 Å². The van der Waals surface area contributed by atoms with Crippen molar-refractivity contribution in [1.29, 1.82) is 0 Å². The zero-order chi connectivity index (χ0) is 12.5. The van der Waals surface area contributed by atoms with Gasteiger partial charge in [-0.15, -0.1) is 0 Å². The van der Waals surface area contributed by atoms with Crippen LogP contribution in [-0.2, 0) is 4.79 Å². The highest BCUT2D eigenvalue weighted by Crippen LogP contribution is 2.31. The molecule has 3 aliphatic rings. The van der Waals surface area contributed by atoms with Gasteiger partial charge in [0.15, 0.2) is 0 Å². The number of carbonyl (C=O) groups is 1. The van der Waals surface area contributed by atoms with Gasteiger partial charge in [-0.2, -0.15) is 0 Å². The number of rotatable bonds is 6. The average Bonchev–Trinajstić information content (AvgIpc) is 3.28. The van der Waals surface area contributed by atoms with Crippen molar-refractivity contribution in [3.63, 3.8) is 0 Å². The van der Waals surface area contributed by atoms with Crippen LogP contribution in [0, 0.1) is 5.92 Å². The maximum atomic E-state index is 11.8. The fourth-order valence-corrected chi connectivity index (χ4v) is 2.79. The summed E-state index contributed by atoms with van der Waals surface area (Å²) in [5.41, 5.74) is 0. The second-order valence-electron chi connectivity index (χ2n) is 6.29. The Morgan fingerprint density at radius 3 is 2.72 bits per heavy atom. The summed E-state index contributed by atoms with van der Waals surface area (Å²) in [4.78, 5) is 14.4. The number of nitrogens with one attached hydrogen (secondary N) is 2. The van der Waals surface area contributed by atoms with Crippen LogP contribution in [0.25, 0.3) is 0 Å². The van der Waals surface area contributed by atoms with Crippen molar-refractivity contribution in [3.8, 4) is 0 Å². The van der Waals surface area contributed by atoms with Crippen LogP contribution in [0.2, 0.25) is 0 Å². The minimum Gasteiger partial charge on any atom is -0.352 e. The van der Waals surface area contributed by atoms with Crippen LogP contribution in [0.15, 0.2) is 0 Å². The van der Waals surface area contributed by atoms with Gasteiger partial charge >= 0.3 is 0 Å². The average molecular weight is 251 g/mol. The molecule has 0 spiro atoms. The van der Waals surface area contributed by atoms with Gasteiger partial charge in [-0.3, -0.25) is 4.79 Å². The SMILES string of the molecule is CC(NCC1CCN(C2CC2)C1)C(=O)NC1CC1. The summed E-state index contributed by atoms with van der Waals surface area (Å²) in [5, 5.41) is 6.45. The predicted octanol–water partition coefficient (Wildman–Crippen LogP) is 0.727. The molecule has 3 rings (SSSR count). The maximum Gasteiger partial charge on any atom is 0.237 e. The Labute approximate surface area is 109 Å². The summed E-state index contributed by atoms with van der Waals surface area (Å²) < 4.78 is 0. The van der Waals surface area contributed by atoms with Crippen molar-refractivity contribution in [2.24, 2.45) is 5.92 Å². The van der Waals surface area contributed by atoms with Crippen LogP contribution in [0.3, 0.4) is 0 Å². The summed E-state index contributed by atoms with van der Waals surface area (Å²) >= 11 is 0. The Morgan fingerprint density at radius 1 is 1.28 bits per heavy atom. The first kappa shape index (κ1) is 12.4. The molecule has 1 aliphatic heterocycles. The van der Waals surface area contributed by atoms with E-state index in [1.807, 2.05) is 6.92 Å². The number of hydrogen-bond donors (Lipinski definition) is 2. The zero-order valence-corrected chi connectivity index (χ0v) is 11.3. The van der Waals surface area contributed by atoms with Gasteiger partial charge in [-0.05, 0) is 58.0 Å². The Hall–Kier alpha value is -0.610. The summed E-state index contributed by atoms with van der Waals surface area (Å²) in [6, 6.07) is 1.32. The van der Waals surface area contributed by atoms with Gasteiger partial charge < -0.3 is 15.5 Å². The lowest BCUT2D eigenvalue weighted by Crippen LogP contribution is -2.44. The number of likely N-dealkylation sites (tertiary alicyclic amines) is 1. The molecule has 0 radical (unpaired) electrons. The van der Waals surface area contributed by atoms with Gasteiger partial charge in [0.1, 0.15) is 0 Å². The molecule has 2 atom stereocenters. The molecule has 0 bridgehead atoms. The lowest BCUT2D eigenvalue weighted by molar-refractivity contribution is -0.122. The Balaban J connectivity index is 1.34. The van der Waals surface area contributed by atoms with Gasteiger partial charge in [0.2, 0.25) is 5.91 Å². The van der Waals surface area contributed by atoms with Crippen molar-refractivity contribution in [2.45, 2.75) is 57.2 Å². The summed E-state index contributed by atoms with van der Waals surface area (Å²) in [7, 11) is 0. The van der Waals surface area contributed by atoms with Crippen molar-refractivity contribution < 1.29 is 4.79 Å². The summed E-state index contributed by atoms with van der Waals surface area (Å²) in [6.07, 6.45) is 6.43. The van der Waals surface area contributed by atoms with Gasteiger partial charge in [0.25, 0.3) is 0 Å². The van der Waals surface area contributed by atoms with E-state index in [0.29, 0.717) is 6.04 Å². The molecule has 1 heterocycles. The standard InChI is InChI=1S/C14H25N3O/c1-10(14(18)16-12-2-3-12)15-8-11-6-7-17(9-11)13-4-5-13/h10-13,15H,2-9H2,1H3,(H,16,18). The quantitative estimate of drug-likeness (QED) is 0.731. The molecule has 2 aliphatic carbocycles. The molecule has 2 unspecified atom stereocenters. The van der Waals surface area contributed by atoms with E-state index in [-0.39, 0.29) is 11.9 Å². The highest BCUT2D eigenvalue weighted by molar-refractivity contribution is 5.81. The van der Waals surface area contributed by atoms with Gasteiger partial charge in [-0.25, -0.2) is 0 Å². The Bertz CT molecular complexity index is 312. The topological polar surface area (TPSA) is 44.4 Å². The molecule has 4 nitrogen and oxygen atoms in total. The lowest BCUT2D eigenvalue weighted by Gasteiger charge is -2.18. The van der Waals surface area contributed by atoms with Crippen molar-refractivity contribution in [2.75, 3.05) is 19.6 Å². The molecule has 4 heteroatoms. The van der Waals surface area contributed by atoms with Crippen LogP contribution < -0.4 is 10.6 Å². The van der Waals surface area contributed by atoms with E-state index in [2.05, 4.69) is 15.5 Å². The fraction of sp³-hybridized carbons (Fsp3) is 0.929. The molecule has 0 aromatic rings. The largest absolute Gasteiger partial charge is 0.352 e. The minimum absolute atomic E-state index is 0.0411. The molecular formula is C14H25N3O. The predicted molar refractivity (Wildman–Crippen MR) is 71.3 cm³/mol. The number of nitrogens with zero attached hydrogens (tertiary/aromatic N) is 1. The van der Waals surface area contributed by atoms with E-state index in [1.165, 1.54) is 32.4 Å². The highest BCUT2D eigenvalue weighted by atomic mass is 16.2. The first-order chi connectivity index (χ1) is 8.72. The third-order valence-electron chi connectivity index (χ3n) is 4.41. The second-order valence-corrected chi connectivity index (χ2v) is 6.29. The first-order valence-electron chi connectivity index (χ1n) is 7.50. The molecule has 1 saturated heterocycles. The molecule has 2 saturated carbocycles. The molecule has 0 aromatic heterocycles. The third-order valence-corrected chi connectivity index (χ3v) is 4.41. The molecule has 2 N–H and O–H groups in total. The number of carbonyl (C=O) groups excluding carboxylic acids is 1. The fourth-order valence-electron chi connectivity index (χ4n) is 2.79. The minimum atomic E-state index is -0.0411.